The first kappa shape index (κ1) is 12.1. The first-order chi connectivity index (χ1) is 8.15. The standard InChI is InChI=1S/C13H9Cl2NO/c1-8-5-6-16-13(10(8)7-17)9-3-2-4-11(14)12(9)15/h2-7H,1H3. The second-order valence-electron chi connectivity index (χ2n) is 3.61. The number of hydrogen-bond acceptors (Lipinski definition) is 2. The lowest BCUT2D eigenvalue weighted by Gasteiger charge is -2.09. The highest BCUT2D eigenvalue weighted by molar-refractivity contribution is 6.43. The van der Waals surface area contributed by atoms with Gasteiger partial charge in [-0.05, 0) is 24.6 Å². The van der Waals surface area contributed by atoms with Gasteiger partial charge in [0.1, 0.15) is 0 Å². The van der Waals surface area contributed by atoms with Crippen LogP contribution in [0.1, 0.15) is 15.9 Å². The predicted octanol–water partition coefficient (Wildman–Crippen LogP) is 4.18. The SMILES string of the molecule is Cc1ccnc(-c2cccc(Cl)c2Cl)c1C=O. The second-order valence-corrected chi connectivity index (χ2v) is 4.39. The number of aryl methyl sites for hydroxylation is 1. The summed E-state index contributed by atoms with van der Waals surface area (Å²) in [6.45, 7) is 1.85. The van der Waals surface area contributed by atoms with Crippen molar-refractivity contribution < 1.29 is 4.79 Å². The number of rotatable bonds is 2. The number of aromatic nitrogens is 1. The quantitative estimate of drug-likeness (QED) is 0.763. The molecule has 2 rings (SSSR count). The fourth-order valence-electron chi connectivity index (χ4n) is 1.62. The van der Waals surface area contributed by atoms with Crippen LogP contribution in [0.5, 0.6) is 0 Å². The average molecular weight is 266 g/mol. The molecule has 86 valence electrons. The summed E-state index contributed by atoms with van der Waals surface area (Å²) in [5.74, 6) is 0. The van der Waals surface area contributed by atoms with Crippen LogP contribution in [0, 0.1) is 6.92 Å². The molecule has 4 heteroatoms. The summed E-state index contributed by atoms with van der Waals surface area (Å²) in [4.78, 5) is 15.3. The van der Waals surface area contributed by atoms with Crippen molar-refractivity contribution >= 4 is 29.5 Å². The van der Waals surface area contributed by atoms with Gasteiger partial charge in [-0.15, -0.1) is 0 Å². The van der Waals surface area contributed by atoms with Gasteiger partial charge in [0.15, 0.2) is 6.29 Å². The molecule has 2 nitrogen and oxygen atoms in total. The van der Waals surface area contributed by atoms with Gasteiger partial charge in [0.25, 0.3) is 0 Å². The Bertz CT molecular complexity index is 582. The van der Waals surface area contributed by atoms with Gasteiger partial charge in [-0.1, -0.05) is 35.3 Å². The van der Waals surface area contributed by atoms with E-state index in [1.54, 1.807) is 30.5 Å². The normalized spacial score (nSPS) is 10.3. The minimum absolute atomic E-state index is 0.412. The lowest BCUT2D eigenvalue weighted by molar-refractivity contribution is 0.112. The van der Waals surface area contributed by atoms with Gasteiger partial charge in [0.2, 0.25) is 0 Å². The van der Waals surface area contributed by atoms with E-state index in [9.17, 15) is 4.79 Å². The maximum atomic E-state index is 11.1. The summed E-state index contributed by atoms with van der Waals surface area (Å²) < 4.78 is 0. The molecule has 0 saturated carbocycles. The Morgan fingerprint density at radius 2 is 2.00 bits per heavy atom. The fraction of sp³-hybridized carbons (Fsp3) is 0.0769. The van der Waals surface area contributed by atoms with Crippen LogP contribution in [0.25, 0.3) is 11.3 Å². The van der Waals surface area contributed by atoms with E-state index in [2.05, 4.69) is 4.98 Å². The van der Waals surface area contributed by atoms with Crippen molar-refractivity contribution in [2.24, 2.45) is 0 Å². The van der Waals surface area contributed by atoms with E-state index in [1.165, 1.54) is 0 Å². The Labute approximate surface area is 109 Å². The van der Waals surface area contributed by atoms with Crippen molar-refractivity contribution in [2.45, 2.75) is 6.92 Å². The van der Waals surface area contributed by atoms with Crippen molar-refractivity contribution in [3.05, 3.63) is 51.6 Å². The summed E-state index contributed by atoms with van der Waals surface area (Å²) in [7, 11) is 0. The van der Waals surface area contributed by atoms with Crippen molar-refractivity contribution in [1.29, 1.82) is 0 Å². The zero-order chi connectivity index (χ0) is 12.4. The molecule has 1 aromatic carbocycles. The van der Waals surface area contributed by atoms with Crippen LogP contribution in [-0.4, -0.2) is 11.3 Å². The Morgan fingerprint density at radius 1 is 1.24 bits per heavy atom. The summed E-state index contributed by atoms with van der Waals surface area (Å²) in [5.41, 5.74) is 2.63. The molecule has 0 aliphatic carbocycles. The minimum atomic E-state index is 0.412. The Kier molecular flexibility index (Phi) is 3.46. The third-order valence-corrected chi connectivity index (χ3v) is 3.35. The molecule has 0 aliphatic heterocycles. The van der Waals surface area contributed by atoms with Crippen LogP contribution in [0.2, 0.25) is 10.0 Å². The lowest BCUT2D eigenvalue weighted by atomic mass is 10.0. The largest absolute Gasteiger partial charge is 0.298 e. The van der Waals surface area contributed by atoms with Gasteiger partial charge in [-0.3, -0.25) is 9.78 Å². The van der Waals surface area contributed by atoms with Crippen LogP contribution in [0.3, 0.4) is 0 Å². The Balaban J connectivity index is 2.73. The summed E-state index contributed by atoms with van der Waals surface area (Å²) in [6, 6.07) is 7.06. The van der Waals surface area contributed by atoms with E-state index in [0.29, 0.717) is 26.9 Å². The molecule has 1 aromatic heterocycles. The summed E-state index contributed by atoms with van der Waals surface area (Å²) in [5, 5.41) is 0.861. The van der Waals surface area contributed by atoms with Crippen LogP contribution < -0.4 is 0 Å². The molecule has 0 atom stereocenters. The molecule has 0 N–H and O–H groups in total. The number of pyridine rings is 1. The number of aldehydes is 1. The molecule has 2 aromatic rings. The van der Waals surface area contributed by atoms with E-state index < -0.39 is 0 Å². The van der Waals surface area contributed by atoms with E-state index >= 15 is 0 Å². The first-order valence-electron chi connectivity index (χ1n) is 5.00. The van der Waals surface area contributed by atoms with Crippen molar-refractivity contribution in [1.82, 2.24) is 4.98 Å². The van der Waals surface area contributed by atoms with Gasteiger partial charge >= 0.3 is 0 Å². The molecule has 17 heavy (non-hydrogen) atoms. The zero-order valence-corrected chi connectivity index (χ0v) is 10.6. The van der Waals surface area contributed by atoms with Gasteiger partial charge in [0.05, 0.1) is 15.7 Å². The van der Waals surface area contributed by atoms with E-state index in [0.717, 1.165) is 11.8 Å². The number of nitrogens with zero attached hydrogens (tertiary/aromatic N) is 1. The Hall–Kier alpha value is -1.38. The van der Waals surface area contributed by atoms with Gasteiger partial charge in [0, 0.05) is 17.3 Å². The molecule has 0 amide bonds. The molecule has 0 saturated heterocycles. The molecule has 0 spiro atoms. The van der Waals surface area contributed by atoms with Crippen molar-refractivity contribution in [3.63, 3.8) is 0 Å². The molecule has 0 aliphatic rings. The molecule has 0 bridgehead atoms. The van der Waals surface area contributed by atoms with E-state index in [-0.39, 0.29) is 0 Å². The second kappa shape index (κ2) is 4.86. The van der Waals surface area contributed by atoms with Crippen LogP contribution in [0.4, 0.5) is 0 Å². The number of benzene rings is 1. The highest BCUT2D eigenvalue weighted by Gasteiger charge is 2.13. The smallest absolute Gasteiger partial charge is 0.152 e. The number of hydrogen-bond donors (Lipinski definition) is 0. The first-order valence-corrected chi connectivity index (χ1v) is 5.76. The van der Waals surface area contributed by atoms with Crippen LogP contribution in [-0.2, 0) is 0 Å². The maximum Gasteiger partial charge on any atom is 0.152 e. The molecule has 0 fully saturated rings. The molecule has 1 heterocycles. The number of carbonyl (C=O) groups excluding carboxylic acids is 1. The molecule has 0 unspecified atom stereocenters. The van der Waals surface area contributed by atoms with Crippen molar-refractivity contribution in [2.75, 3.05) is 0 Å². The third kappa shape index (κ3) is 2.19. The van der Waals surface area contributed by atoms with Gasteiger partial charge in [-0.2, -0.15) is 0 Å². The Morgan fingerprint density at radius 3 is 2.71 bits per heavy atom. The minimum Gasteiger partial charge on any atom is -0.298 e. The monoisotopic (exact) mass is 265 g/mol. The molecular weight excluding hydrogens is 257 g/mol. The fourth-order valence-corrected chi connectivity index (χ4v) is 2.01. The van der Waals surface area contributed by atoms with Gasteiger partial charge < -0.3 is 0 Å². The predicted molar refractivity (Wildman–Crippen MR) is 69.8 cm³/mol. The van der Waals surface area contributed by atoms with Gasteiger partial charge in [-0.25, -0.2) is 0 Å². The number of halogens is 2. The van der Waals surface area contributed by atoms with Crippen LogP contribution >= 0.6 is 23.2 Å². The zero-order valence-electron chi connectivity index (χ0n) is 9.08. The topological polar surface area (TPSA) is 30.0 Å². The number of carbonyl (C=O) groups is 1. The molecule has 0 radical (unpaired) electrons. The highest BCUT2D eigenvalue weighted by atomic mass is 35.5. The van der Waals surface area contributed by atoms with Crippen molar-refractivity contribution in [3.8, 4) is 11.3 Å². The highest BCUT2D eigenvalue weighted by Crippen LogP contribution is 2.34. The summed E-state index contributed by atoms with van der Waals surface area (Å²) in [6.07, 6.45) is 2.43. The summed E-state index contributed by atoms with van der Waals surface area (Å²) >= 11 is 12.1. The van der Waals surface area contributed by atoms with E-state index in [1.807, 2.05) is 6.92 Å². The molecular formula is C13H9Cl2NO. The maximum absolute atomic E-state index is 11.1. The lowest BCUT2D eigenvalue weighted by Crippen LogP contribution is -1.95. The third-order valence-electron chi connectivity index (χ3n) is 2.53. The van der Waals surface area contributed by atoms with Crippen LogP contribution in [0.15, 0.2) is 30.5 Å². The average Bonchev–Trinajstić information content (AvgIpc) is 2.32. The van der Waals surface area contributed by atoms with E-state index in [4.69, 9.17) is 23.2 Å².